The maximum absolute atomic E-state index is 9.98. The second-order valence-corrected chi connectivity index (χ2v) is 3.16. The molecule has 0 spiro atoms. The quantitative estimate of drug-likeness (QED) is 0.471. The Morgan fingerprint density at radius 2 is 2.42 bits per heavy atom. The number of hydrogen-bond acceptors (Lipinski definition) is 3. The van der Waals surface area contributed by atoms with Gasteiger partial charge < -0.3 is 0 Å². The van der Waals surface area contributed by atoms with Crippen molar-refractivity contribution < 1.29 is 4.92 Å². The summed E-state index contributed by atoms with van der Waals surface area (Å²) in [6.45, 7) is 0. The molecular formula is C7H5IN2O2. The van der Waals surface area contributed by atoms with Crippen molar-refractivity contribution in [2.45, 2.75) is 0 Å². The molecule has 0 amide bonds. The summed E-state index contributed by atoms with van der Waals surface area (Å²) in [5.41, 5.74) is 0.759. The molecule has 1 aromatic rings. The van der Waals surface area contributed by atoms with Crippen LogP contribution < -0.4 is 0 Å². The molecule has 0 aromatic carbocycles. The third-order valence-corrected chi connectivity index (χ3v) is 2.15. The Hall–Kier alpha value is -0.980. The molecule has 0 aliphatic carbocycles. The standard InChI is InChI=1S/C7H5IN2O2/c8-7-1-3-9-5-6(7)2-4-10(11)12/h1-5H/b4-2+. The average molecular weight is 276 g/mol. The van der Waals surface area contributed by atoms with Gasteiger partial charge in [-0.2, -0.15) is 0 Å². The van der Waals surface area contributed by atoms with Gasteiger partial charge in [0.2, 0.25) is 6.20 Å². The first-order chi connectivity index (χ1) is 5.70. The van der Waals surface area contributed by atoms with E-state index in [1.165, 1.54) is 6.08 Å². The third-order valence-electron chi connectivity index (χ3n) is 1.17. The number of halogens is 1. The SMILES string of the molecule is O=[N+]([O-])/C=C/c1cnccc1I. The molecule has 0 fully saturated rings. The van der Waals surface area contributed by atoms with Crippen LogP contribution in [0, 0.1) is 13.7 Å². The van der Waals surface area contributed by atoms with Crippen LogP contribution in [0.2, 0.25) is 0 Å². The molecular weight excluding hydrogens is 271 g/mol. The molecule has 0 radical (unpaired) electrons. The van der Waals surface area contributed by atoms with Gasteiger partial charge in [-0.05, 0) is 28.7 Å². The Morgan fingerprint density at radius 3 is 3.00 bits per heavy atom. The number of pyridine rings is 1. The molecule has 1 heterocycles. The summed E-state index contributed by atoms with van der Waals surface area (Å²) in [7, 11) is 0. The summed E-state index contributed by atoms with van der Waals surface area (Å²) in [4.78, 5) is 13.3. The molecule has 0 saturated heterocycles. The third kappa shape index (κ3) is 2.57. The van der Waals surface area contributed by atoms with Crippen LogP contribution in [-0.4, -0.2) is 9.91 Å². The van der Waals surface area contributed by atoms with Gasteiger partial charge >= 0.3 is 0 Å². The van der Waals surface area contributed by atoms with E-state index in [1.807, 2.05) is 0 Å². The van der Waals surface area contributed by atoms with Crippen molar-refractivity contribution >= 4 is 28.7 Å². The lowest BCUT2D eigenvalue weighted by molar-refractivity contribution is -0.400. The fourth-order valence-electron chi connectivity index (χ4n) is 0.653. The second kappa shape index (κ2) is 4.15. The largest absolute Gasteiger partial charge is 0.264 e. The van der Waals surface area contributed by atoms with Gasteiger partial charge in [-0.1, -0.05) is 0 Å². The Bertz CT molecular complexity index is 325. The number of hydrogen-bond donors (Lipinski definition) is 0. The average Bonchev–Trinajstić information content (AvgIpc) is 2.03. The first kappa shape index (κ1) is 9.11. The van der Waals surface area contributed by atoms with E-state index in [1.54, 1.807) is 18.5 Å². The zero-order valence-corrected chi connectivity index (χ0v) is 8.13. The van der Waals surface area contributed by atoms with E-state index in [-0.39, 0.29) is 0 Å². The fourth-order valence-corrected chi connectivity index (χ4v) is 1.13. The van der Waals surface area contributed by atoms with Crippen molar-refractivity contribution in [3.8, 4) is 0 Å². The smallest absolute Gasteiger partial charge is 0.235 e. The van der Waals surface area contributed by atoms with Gasteiger partial charge in [-0.25, -0.2) is 0 Å². The number of rotatable bonds is 2. The van der Waals surface area contributed by atoms with Gasteiger partial charge in [0.1, 0.15) is 0 Å². The highest BCUT2D eigenvalue weighted by Crippen LogP contribution is 2.10. The van der Waals surface area contributed by atoms with Crippen LogP contribution in [0.4, 0.5) is 0 Å². The zero-order valence-electron chi connectivity index (χ0n) is 5.98. The van der Waals surface area contributed by atoms with Crippen LogP contribution in [0.1, 0.15) is 5.56 Å². The Labute approximate surface area is 82.6 Å². The highest BCUT2D eigenvalue weighted by molar-refractivity contribution is 14.1. The summed E-state index contributed by atoms with van der Waals surface area (Å²) >= 11 is 2.09. The molecule has 0 N–H and O–H groups in total. The van der Waals surface area contributed by atoms with Crippen LogP contribution in [0.25, 0.3) is 6.08 Å². The van der Waals surface area contributed by atoms with Crippen LogP contribution in [0.15, 0.2) is 24.7 Å². The van der Waals surface area contributed by atoms with Gasteiger partial charge in [0, 0.05) is 27.6 Å². The fraction of sp³-hybridized carbons (Fsp3) is 0. The van der Waals surface area contributed by atoms with E-state index < -0.39 is 4.92 Å². The van der Waals surface area contributed by atoms with E-state index >= 15 is 0 Å². The van der Waals surface area contributed by atoms with Gasteiger partial charge in [-0.3, -0.25) is 15.1 Å². The van der Waals surface area contributed by atoms with E-state index in [2.05, 4.69) is 27.6 Å². The molecule has 62 valence electrons. The maximum Gasteiger partial charge on any atom is 0.235 e. The summed E-state index contributed by atoms with van der Waals surface area (Å²) in [6, 6.07) is 1.79. The second-order valence-electron chi connectivity index (χ2n) is 2.00. The summed E-state index contributed by atoms with van der Waals surface area (Å²) in [5, 5.41) is 9.98. The normalized spacial score (nSPS) is 10.4. The lowest BCUT2D eigenvalue weighted by Gasteiger charge is -1.92. The minimum absolute atomic E-state index is 0.497. The predicted molar refractivity (Wildman–Crippen MR) is 53.0 cm³/mol. The lowest BCUT2D eigenvalue weighted by Crippen LogP contribution is -1.85. The van der Waals surface area contributed by atoms with Gasteiger partial charge in [0.25, 0.3) is 0 Å². The Kier molecular flexibility index (Phi) is 3.15. The predicted octanol–water partition coefficient (Wildman–Crippen LogP) is 1.93. The van der Waals surface area contributed by atoms with Crippen molar-refractivity contribution in [2.24, 2.45) is 0 Å². The highest BCUT2D eigenvalue weighted by atomic mass is 127. The minimum Gasteiger partial charge on any atom is -0.264 e. The molecule has 0 saturated carbocycles. The Balaban J connectivity index is 2.89. The molecule has 4 nitrogen and oxygen atoms in total. The summed E-state index contributed by atoms with van der Waals surface area (Å²) in [5.74, 6) is 0. The minimum atomic E-state index is -0.497. The van der Waals surface area contributed by atoms with Crippen molar-refractivity contribution in [1.82, 2.24) is 4.98 Å². The van der Waals surface area contributed by atoms with Crippen molar-refractivity contribution in [2.75, 3.05) is 0 Å². The van der Waals surface area contributed by atoms with Crippen molar-refractivity contribution in [3.63, 3.8) is 0 Å². The van der Waals surface area contributed by atoms with Crippen LogP contribution in [0.5, 0.6) is 0 Å². The number of nitrogens with zero attached hydrogens (tertiary/aromatic N) is 2. The van der Waals surface area contributed by atoms with E-state index in [0.717, 1.165) is 15.3 Å². The molecule has 0 bridgehead atoms. The van der Waals surface area contributed by atoms with E-state index in [0.29, 0.717) is 0 Å². The first-order valence-corrected chi connectivity index (χ1v) is 4.19. The monoisotopic (exact) mass is 276 g/mol. The zero-order chi connectivity index (χ0) is 8.97. The van der Waals surface area contributed by atoms with E-state index in [4.69, 9.17) is 0 Å². The van der Waals surface area contributed by atoms with Gasteiger partial charge in [-0.15, -0.1) is 0 Å². The van der Waals surface area contributed by atoms with Gasteiger partial charge in [0.05, 0.1) is 4.92 Å². The molecule has 1 rings (SSSR count). The molecule has 5 heteroatoms. The molecule has 1 aromatic heterocycles. The lowest BCUT2D eigenvalue weighted by atomic mass is 10.3. The van der Waals surface area contributed by atoms with E-state index in [9.17, 15) is 10.1 Å². The van der Waals surface area contributed by atoms with Crippen LogP contribution in [0.3, 0.4) is 0 Å². The highest BCUT2D eigenvalue weighted by Gasteiger charge is 1.95. The van der Waals surface area contributed by atoms with Crippen molar-refractivity contribution in [3.05, 3.63) is 43.9 Å². The molecule has 0 atom stereocenters. The maximum atomic E-state index is 9.98. The molecule has 12 heavy (non-hydrogen) atoms. The van der Waals surface area contributed by atoms with Crippen molar-refractivity contribution in [1.29, 1.82) is 0 Å². The Morgan fingerprint density at radius 1 is 1.67 bits per heavy atom. The first-order valence-electron chi connectivity index (χ1n) is 3.11. The molecule has 0 aliphatic heterocycles. The number of nitro groups is 1. The number of aromatic nitrogens is 1. The molecule has 0 aliphatic rings. The van der Waals surface area contributed by atoms with Crippen LogP contribution in [-0.2, 0) is 0 Å². The summed E-state index contributed by atoms with van der Waals surface area (Å²) < 4.78 is 0.945. The van der Waals surface area contributed by atoms with Crippen LogP contribution >= 0.6 is 22.6 Å². The topological polar surface area (TPSA) is 56.0 Å². The van der Waals surface area contributed by atoms with Gasteiger partial charge in [0.15, 0.2) is 0 Å². The summed E-state index contributed by atoms with van der Waals surface area (Å²) in [6.07, 6.45) is 5.56. The molecule has 0 unspecified atom stereocenters.